The van der Waals surface area contributed by atoms with Crippen LogP contribution in [0.5, 0.6) is 0 Å². The van der Waals surface area contributed by atoms with E-state index in [4.69, 9.17) is 9.72 Å². The number of nitrogens with one attached hydrogen (secondary N) is 2. The Bertz CT molecular complexity index is 874. The van der Waals surface area contributed by atoms with E-state index in [9.17, 15) is 0 Å². The number of ether oxygens (including phenoxy) is 1. The summed E-state index contributed by atoms with van der Waals surface area (Å²) in [6, 6.07) is 8.60. The number of H-pyrrole nitrogens is 1. The number of aromatic nitrogens is 3. The van der Waals surface area contributed by atoms with Crippen LogP contribution in [0.1, 0.15) is 0 Å². The van der Waals surface area contributed by atoms with Crippen LogP contribution in [0.2, 0.25) is 0 Å². The Kier molecular flexibility index (Phi) is 2.78. The molecule has 1 fully saturated rings. The normalized spacial score (nSPS) is 20.0. The lowest BCUT2D eigenvalue weighted by atomic mass is 10.1. The molecule has 2 aliphatic rings. The molecular formula is C17H17N5O. The molecule has 2 aliphatic heterocycles. The molecule has 1 aromatic carbocycles. The summed E-state index contributed by atoms with van der Waals surface area (Å²) in [5.74, 6) is 1.75. The SMILES string of the molecule is c1cc(-c2ncc3c(n2)N2CCOCC2CN3)c2cc[nH]c2c1. The van der Waals surface area contributed by atoms with Gasteiger partial charge in [-0.25, -0.2) is 9.97 Å². The quantitative estimate of drug-likeness (QED) is 0.722. The minimum atomic E-state index is 0.349. The standard InChI is InChI=1S/C17H17N5O/c1-2-13(12-4-5-18-14(12)3-1)16-20-9-15-17(21-16)22-6-7-23-10-11(22)8-19-15/h1-5,9,11,18-19H,6-8,10H2. The topological polar surface area (TPSA) is 66.1 Å². The number of benzene rings is 1. The Balaban J connectivity index is 1.64. The first kappa shape index (κ1) is 12.9. The van der Waals surface area contributed by atoms with Gasteiger partial charge in [-0.15, -0.1) is 0 Å². The predicted molar refractivity (Wildman–Crippen MR) is 89.8 cm³/mol. The second kappa shape index (κ2) is 4.96. The minimum absolute atomic E-state index is 0.349. The van der Waals surface area contributed by atoms with Crippen LogP contribution in [0.3, 0.4) is 0 Å². The molecule has 2 aromatic heterocycles. The fourth-order valence-electron chi connectivity index (χ4n) is 3.46. The van der Waals surface area contributed by atoms with Crippen LogP contribution < -0.4 is 10.2 Å². The molecule has 1 saturated heterocycles. The van der Waals surface area contributed by atoms with Crippen molar-refractivity contribution in [2.24, 2.45) is 0 Å². The maximum atomic E-state index is 5.59. The molecule has 2 N–H and O–H groups in total. The van der Waals surface area contributed by atoms with Crippen molar-refractivity contribution >= 4 is 22.4 Å². The van der Waals surface area contributed by atoms with Gasteiger partial charge in [0.05, 0.1) is 31.1 Å². The van der Waals surface area contributed by atoms with Crippen LogP contribution in [0.25, 0.3) is 22.3 Å². The van der Waals surface area contributed by atoms with Gasteiger partial charge >= 0.3 is 0 Å². The molecule has 116 valence electrons. The van der Waals surface area contributed by atoms with Crippen molar-refractivity contribution in [2.45, 2.75) is 6.04 Å². The molecule has 23 heavy (non-hydrogen) atoms. The van der Waals surface area contributed by atoms with Gasteiger partial charge in [0.2, 0.25) is 0 Å². The molecule has 0 bridgehead atoms. The molecular weight excluding hydrogens is 290 g/mol. The summed E-state index contributed by atoms with van der Waals surface area (Å²) >= 11 is 0. The van der Waals surface area contributed by atoms with Crippen LogP contribution in [-0.4, -0.2) is 47.3 Å². The molecule has 0 amide bonds. The number of hydrogen-bond donors (Lipinski definition) is 2. The third-order valence-electron chi connectivity index (χ3n) is 4.63. The number of rotatable bonds is 1. The van der Waals surface area contributed by atoms with E-state index in [1.165, 1.54) is 0 Å². The zero-order valence-electron chi connectivity index (χ0n) is 12.6. The average molecular weight is 307 g/mol. The summed E-state index contributed by atoms with van der Waals surface area (Å²) in [6.45, 7) is 3.26. The van der Waals surface area contributed by atoms with Crippen molar-refractivity contribution in [3.05, 3.63) is 36.7 Å². The second-order valence-electron chi connectivity index (χ2n) is 5.98. The lowest BCUT2D eigenvalue weighted by Gasteiger charge is -2.41. The Morgan fingerprint density at radius 1 is 1.26 bits per heavy atom. The van der Waals surface area contributed by atoms with Crippen molar-refractivity contribution in [3.8, 4) is 11.4 Å². The predicted octanol–water partition coefficient (Wildman–Crippen LogP) is 2.26. The summed E-state index contributed by atoms with van der Waals surface area (Å²) < 4.78 is 5.59. The van der Waals surface area contributed by atoms with Crippen LogP contribution in [-0.2, 0) is 4.74 Å². The van der Waals surface area contributed by atoms with Gasteiger partial charge in [-0.2, -0.15) is 0 Å². The molecule has 0 spiro atoms. The average Bonchev–Trinajstić information content (AvgIpc) is 3.10. The van der Waals surface area contributed by atoms with Crippen LogP contribution in [0.15, 0.2) is 36.7 Å². The minimum Gasteiger partial charge on any atom is -0.379 e. The molecule has 5 rings (SSSR count). The third-order valence-corrected chi connectivity index (χ3v) is 4.63. The van der Waals surface area contributed by atoms with Gasteiger partial charge < -0.3 is 19.9 Å². The maximum Gasteiger partial charge on any atom is 0.162 e. The van der Waals surface area contributed by atoms with Crippen LogP contribution in [0, 0.1) is 0 Å². The van der Waals surface area contributed by atoms with E-state index in [1.807, 2.05) is 18.5 Å². The Morgan fingerprint density at radius 3 is 3.26 bits per heavy atom. The summed E-state index contributed by atoms with van der Waals surface area (Å²) in [7, 11) is 0. The monoisotopic (exact) mass is 307 g/mol. The summed E-state index contributed by atoms with van der Waals surface area (Å²) in [4.78, 5) is 15.1. The first-order valence-electron chi connectivity index (χ1n) is 7.92. The van der Waals surface area contributed by atoms with E-state index >= 15 is 0 Å². The molecule has 6 nitrogen and oxygen atoms in total. The van der Waals surface area contributed by atoms with Crippen LogP contribution in [0.4, 0.5) is 11.5 Å². The highest BCUT2D eigenvalue weighted by atomic mass is 16.5. The van der Waals surface area contributed by atoms with Crippen molar-refractivity contribution in [1.82, 2.24) is 15.0 Å². The smallest absolute Gasteiger partial charge is 0.162 e. The van der Waals surface area contributed by atoms with E-state index in [0.717, 1.165) is 60.1 Å². The molecule has 6 heteroatoms. The van der Waals surface area contributed by atoms with E-state index in [1.54, 1.807) is 0 Å². The van der Waals surface area contributed by atoms with Crippen molar-refractivity contribution < 1.29 is 4.74 Å². The van der Waals surface area contributed by atoms with E-state index in [0.29, 0.717) is 6.04 Å². The van der Waals surface area contributed by atoms with Crippen molar-refractivity contribution in [1.29, 1.82) is 0 Å². The van der Waals surface area contributed by atoms with Gasteiger partial charge in [0.25, 0.3) is 0 Å². The molecule has 0 radical (unpaired) electrons. The van der Waals surface area contributed by atoms with E-state index < -0.39 is 0 Å². The lowest BCUT2D eigenvalue weighted by molar-refractivity contribution is 0.0959. The first-order chi connectivity index (χ1) is 11.4. The number of anilines is 2. The van der Waals surface area contributed by atoms with Gasteiger partial charge in [0, 0.05) is 35.8 Å². The lowest BCUT2D eigenvalue weighted by Crippen LogP contribution is -2.52. The van der Waals surface area contributed by atoms with Gasteiger partial charge in [0.15, 0.2) is 11.6 Å². The zero-order chi connectivity index (χ0) is 15.2. The van der Waals surface area contributed by atoms with Gasteiger partial charge in [0.1, 0.15) is 0 Å². The van der Waals surface area contributed by atoms with Gasteiger partial charge in [-0.05, 0) is 12.1 Å². The molecule has 1 unspecified atom stereocenters. The molecule has 3 aromatic rings. The number of aromatic amines is 1. The number of nitrogens with zero attached hydrogens (tertiary/aromatic N) is 3. The summed E-state index contributed by atoms with van der Waals surface area (Å²) in [6.07, 6.45) is 3.85. The second-order valence-corrected chi connectivity index (χ2v) is 5.98. The molecule has 1 atom stereocenters. The summed E-state index contributed by atoms with van der Waals surface area (Å²) in [5.41, 5.74) is 3.17. The Labute approximate surface area is 133 Å². The summed E-state index contributed by atoms with van der Waals surface area (Å²) in [5, 5.41) is 4.57. The fourth-order valence-corrected chi connectivity index (χ4v) is 3.46. The largest absolute Gasteiger partial charge is 0.379 e. The van der Waals surface area contributed by atoms with Gasteiger partial charge in [-0.3, -0.25) is 0 Å². The van der Waals surface area contributed by atoms with Crippen molar-refractivity contribution in [2.75, 3.05) is 36.5 Å². The van der Waals surface area contributed by atoms with Crippen LogP contribution >= 0.6 is 0 Å². The highest BCUT2D eigenvalue weighted by Gasteiger charge is 2.30. The fraction of sp³-hybridized carbons (Fsp3) is 0.294. The maximum absolute atomic E-state index is 5.59. The Morgan fingerprint density at radius 2 is 2.26 bits per heavy atom. The van der Waals surface area contributed by atoms with Gasteiger partial charge in [-0.1, -0.05) is 12.1 Å². The molecule has 0 aliphatic carbocycles. The number of fused-ring (bicyclic) bond motifs is 4. The Hall–Kier alpha value is -2.60. The van der Waals surface area contributed by atoms with Crippen molar-refractivity contribution in [3.63, 3.8) is 0 Å². The third kappa shape index (κ3) is 1.98. The highest BCUT2D eigenvalue weighted by molar-refractivity contribution is 5.93. The van der Waals surface area contributed by atoms with E-state index in [-0.39, 0.29) is 0 Å². The number of hydrogen-bond acceptors (Lipinski definition) is 5. The number of morpholine rings is 1. The molecule has 4 heterocycles. The highest BCUT2D eigenvalue weighted by Crippen LogP contribution is 2.33. The zero-order valence-corrected chi connectivity index (χ0v) is 12.6. The van der Waals surface area contributed by atoms with E-state index in [2.05, 4.69) is 38.4 Å². The first-order valence-corrected chi connectivity index (χ1v) is 7.92. The molecule has 0 saturated carbocycles.